The predicted molar refractivity (Wildman–Crippen MR) is 133 cm³/mol. The van der Waals surface area contributed by atoms with Gasteiger partial charge in [-0.3, -0.25) is 0 Å². The van der Waals surface area contributed by atoms with Gasteiger partial charge in [0.1, 0.15) is 17.0 Å². The summed E-state index contributed by atoms with van der Waals surface area (Å²) in [6.45, 7) is 0.999. The van der Waals surface area contributed by atoms with Crippen LogP contribution in [-0.2, 0) is 10.9 Å². The first-order valence-corrected chi connectivity index (χ1v) is 13.0. The highest BCUT2D eigenvalue weighted by molar-refractivity contribution is 6.03. The quantitative estimate of drug-likeness (QED) is 0.331. The van der Waals surface area contributed by atoms with Gasteiger partial charge in [-0.2, -0.15) is 18.3 Å². The average Bonchev–Trinajstić information content (AvgIpc) is 3.61. The minimum Gasteiger partial charge on any atom is -0.395 e. The number of anilines is 1. The fourth-order valence-corrected chi connectivity index (χ4v) is 5.49. The lowest BCUT2D eigenvalue weighted by Gasteiger charge is -2.23. The number of hydrogen-bond acceptors (Lipinski definition) is 8. The second-order valence-corrected chi connectivity index (χ2v) is 9.76. The van der Waals surface area contributed by atoms with Crippen LogP contribution in [0.25, 0.3) is 27.9 Å². The summed E-state index contributed by atoms with van der Waals surface area (Å²) in [5, 5.41) is 25.5. The van der Waals surface area contributed by atoms with Gasteiger partial charge in [0.15, 0.2) is 11.9 Å². The molecule has 2 aliphatic rings. The second-order valence-electron chi connectivity index (χ2n) is 9.76. The van der Waals surface area contributed by atoms with E-state index in [1.54, 1.807) is 21.5 Å². The molecule has 3 atom stereocenters. The van der Waals surface area contributed by atoms with Crippen molar-refractivity contribution in [2.45, 2.75) is 63.0 Å². The predicted octanol–water partition coefficient (Wildman–Crippen LogP) is 3.77. The summed E-state index contributed by atoms with van der Waals surface area (Å²) in [5.41, 5.74) is -0.0928. The molecule has 202 valence electrons. The van der Waals surface area contributed by atoms with Crippen molar-refractivity contribution in [3.05, 3.63) is 36.2 Å². The Labute approximate surface area is 216 Å². The first-order chi connectivity index (χ1) is 18.4. The Kier molecular flexibility index (Phi) is 6.66. The largest absolute Gasteiger partial charge is 0.420 e. The van der Waals surface area contributed by atoms with Crippen LogP contribution in [0.15, 0.2) is 30.6 Å². The van der Waals surface area contributed by atoms with Crippen LogP contribution in [0, 0.1) is 0 Å². The fraction of sp³-hybridized carbons (Fsp3) is 0.520. The van der Waals surface area contributed by atoms with Crippen LogP contribution >= 0.6 is 0 Å². The number of aromatic nitrogens is 6. The molecule has 1 aliphatic carbocycles. The van der Waals surface area contributed by atoms with Crippen molar-refractivity contribution in [1.82, 2.24) is 34.7 Å². The molecule has 0 radical (unpaired) electrons. The average molecular weight is 531 g/mol. The van der Waals surface area contributed by atoms with Crippen LogP contribution in [-0.4, -0.2) is 66.3 Å². The van der Waals surface area contributed by atoms with Gasteiger partial charge in [-0.05, 0) is 50.7 Å². The number of halogens is 3. The highest BCUT2D eigenvalue weighted by Gasteiger charge is 2.38. The van der Waals surface area contributed by atoms with E-state index >= 15 is 0 Å². The molecule has 1 aliphatic heterocycles. The van der Waals surface area contributed by atoms with Gasteiger partial charge in [0, 0.05) is 37.6 Å². The first kappa shape index (κ1) is 25.0. The van der Waals surface area contributed by atoms with E-state index in [1.807, 2.05) is 12.1 Å². The van der Waals surface area contributed by atoms with Crippen molar-refractivity contribution < 1.29 is 23.0 Å². The van der Waals surface area contributed by atoms with E-state index in [2.05, 4.69) is 30.8 Å². The molecule has 3 N–H and O–H groups in total. The number of rotatable bonds is 7. The number of pyridine rings is 1. The fourth-order valence-electron chi connectivity index (χ4n) is 5.49. The molecule has 13 heteroatoms. The number of aliphatic hydroxyl groups excluding tert-OH is 1. The minimum atomic E-state index is -4.69. The van der Waals surface area contributed by atoms with Gasteiger partial charge in [0.05, 0.1) is 17.5 Å². The van der Waals surface area contributed by atoms with Gasteiger partial charge in [0.2, 0.25) is 5.95 Å². The summed E-state index contributed by atoms with van der Waals surface area (Å²) in [6, 6.07) is 5.41. The number of nitrogens with zero attached hydrogens (tertiary/aromatic N) is 6. The first-order valence-electron chi connectivity index (χ1n) is 13.0. The maximum Gasteiger partial charge on any atom is 0.420 e. The van der Waals surface area contributed by atoms with Crippen LogP contribution in [0.4, 0.5) is 19.1 Å². The molecule has 10 nitrogen and oxygen atoms in total. The molecule has 4 aromatic heterocycles. The number of alkyl halides is 3. The van der Waals surface area contributed by atoms with Gasteiger partial charge < -0.3 is 20.5 Å². The van der Waals surface area contributed by atoms with Crippen LogP contribution < -0.4 is 10.6 Å². The van der Waals surface area contributed by atoms with E-state index in [4.69, 9.17) is 4.74 Å². The Morgan fingerprint density at radius 3 is 2.71 bits per heavy atom. The zero-order chi connectivity index (χ0) is 26.3. The Hall–Kier alpha value is -3.29. The SMILES string of the molecule is OCCN[C@H]1CCC[C@@H]1Nc1ncc(C(F)(F)F)c(-c2nn(C3CCCCO3)c3nn4ccccc4c23)n1. The highest BCUT2D eigenvalue weighted by atomic mass is 19.4. The van der Waals surface area contributed by atoms with Crippen molar-refractivity contribution in [1.29, 1.82) is 0 Å². The van der Waals surface area contributed by atoms with E-state index in [0.717, 1.165) is 38.3 Å². The van der Waals surface area contributed by atoms with Crippen molar-refractivity contribution in [3.63, 3.8) is 0 Å². The molecule has 1 saturated carbocycles. The van der Waals surface area contributed by atoms with Gasteiger partial charge in [-0.25, -0.2) is 19.2 Å². The smallest absolute Gasteiger partial charge is 0.395 e. The van der Waals surface area contributed by atoms with Crippen LogP contribution in [0.3, 0.4) is 0 Å². The molecule has 6 rings (SSSR count). The number of ether oxygens (including phenoxy) is 1. The lowest BCUT2D eigenvalue weighted by molar-refractivity contribution is -0.137. The minimum absolute atomic E-state index is 0.00711. The molecule has 1 unspecified atom stereocenters. The number of nitrogens with one attached hydrogen (secondary N) is 2. The summed E-state index contributed by atoms with van der Waals surface area (Å²) < 4.78 is 51.9. The normalized spacial score (nSPS) is 22.5. The number of hydrogen-bond donors (Lipinski definition) is 3. The molecular formula is C25H29F3N8O2. The van der Waals surface area contributed by atoms with Crippen LogP contribution in [0.2, 0.25) is 0 Å². The van der Waals surface area contributed by atoms with E-state index in [1.165, 1.54) is 0 Å². The van der Waals surface area contributed by atoms with E-state index in [0.29, 0.717) is 36.1 Å². The number of fused-ring (bicyclic) bond motifs is 3. The van der Waals surface area contributed by atoms with Crippen molar-refractivity contribution >= 4 is 22.5 Å². The third kappa shape index (κ3) is 4.58. The second kappa shape index (κ2) is 10.1. The molecule has 0 amide bonds. The molecular weight excluding hydrogens is 501 g/mol. The molecule has 5 heterocycles. The molecule has 0 bridgehead atoms. The lowest BCUT2D eigenvalue weighted by atomic mass is 10.1. The Morgan fingerprint density at radius 1 is 1.05 bits per heavy atom. The molecule has 0 aromatic carbocycles. The van der Waals surface area contributed by atoms with E-state index in [-0.39, 0.29) is 36.0 Å². The van der Waals surface area contributed by atoms with Crippen molar-refractivity contribution in [2.75, 3.05) is 25.1 Å². The summed E-state index contributed by atoms with van der Waals surface area (Å²) in [6.07, 6.45) is 2.66. The number of aliphatic hydroxyl groups is 1. The Morgan fingerprint density at radius 2 is 1.92 bits per heavy atom. The summed E-state index contributed by atoms with van der Waals surface area (Å²) >= 11 is 0. The van der Waals surface area contributed by atoms with Crippen LogP contribution in [0.1, 0.15) is 50.3 Å². The standard InChI is InChI=1S/C25H29F3N8O2/c26-25(27,28)15-14-30-24(31-17-7-5-6-16(17)29-10-12-37)32-21(15)22-20-18-8-1-3-11-35(18)34-23(20)36(33-22)19-9-2-4-13-38-19/h1,3,8,11,14,16-17,19,29,37H,2,4-7,9-10,12-13H2,(H,30,31,32)/t16-,17-,19?/m0/s1. The zero-order valence-electron chi connectivity index (χ0n) is 20.7. The van der Waals surface area contributed by atoms with E-state index in [9.17, 15) is 18.3 Å². The van der Waals surface area contributed by atoms with E-state index < -0.39 is 18.0 Å². The van der Waals surface area contributed by atoms with Gasteiger partial charge >= 0.3 is 6.18 Å². The Bertz CT molecular complexity index is 1430. The summed E-state index contributed by atoms with van der Waals surface area (Å²) in [7, 11) is 0. The van der Waals surface area contributed by atoms with Crippen molar-refractivity contribution in [2.24, 2.45) is 0 Å². The maximum atomic E-state index is 14.3. The monoisotopic (exact) mass is 530 g/mol. The van der Waals surface area contributed by atoms with Crippen molar-refractivity contribution in [3.8, 4) is 11.4 Å². The zero-order valence-corrected chi connectivity index (χ0v) is 20.7. The molecule has 0 spiro atoms. The van der Waals surface area contributed by atoms with Crippen LogP contribution in [0.5, 0.6) is 0 Å². The third-order valence-electron chi connectivity index (χ3n) is 7.28. The molecule has 1 saturated heterocycles. The highest BCUT2D eigenvalue weighted by Crippen LogP contribution is 2.40. The topological polar surface area (TPSA) is 114 Å². The summed E-state index contributed by atoms with van der Waals surface area (Å²) in [5.74, 6) is 0.101. The lowest BCUT2D eigenvalue weighted by Crippen LogP contribution is -2.41. The van der Waals surface area contributed by atoms with Gasteiger partial charge in [-0.15, -0.1) is 5.10 Å². The molecule has 2 fully saturated rings. The maximum absolute atomic E-state index is 14.3. The molecule has 38 heavy (non-hydrogen) atoms. The van der Waals surface area contributed by atoms with Gasteiger partial charge in [-0.1, -0.05) is 6.07 Å². The summed E-state index contributed by atoms with van der Waals surface area (Å²) in [4.78, 5) is 8.45. The molecule has 4 aromatic rings. The Balaban J connectivity index is 1.48. The third-order valence-corrected chi connectivity index (χ3v) is 7.28. The van der Waals surface area contributed by atoms with Gasteiger partial charge in [0.25, 0.3) is 0 Å².